The third-order valence-electron chi connectivity index (χ3n) is 3.43. The van der Waals surface area contributed by atoms with E-state index in [1.807, 2.05) is 0 Å². The van der Waals surface area contributed by atoms with Gasteiger partial charge in [-0.3, -0.25) is 9.59 Å². The van der Waals surface area contributed by atoms with Crippen molar-refractivity contribution >= 4 is 29.1 Å². The number of amides is 2. The quantitative estimate of drug-likeness (QED) is 0.782. The molecule has 2 N–H and O–H groups in total. The Balaban J connectivity index is 2.14. The van der Waals surface area contributed by atoms with Crippen LogP contribution in [0.25, 0.3) is 0 Å². The zero-order valence-electron chi connectivity index (χ0n) is 13.8. The van der Waals surface area contributed by atoms with Gasteiger partial charge in [-0.25, -0.2) is 0 Å². The Kier molecular flexibility index (Phi) is 6.65. The molecule has 2 aromatic carbocycles. The number of benzene rings is 2. The summed E-state index contributed by atoms with van der Waals surface area (Å²) >= 11 is 5.82. The Morgan fingerprint density at radius 3 is 2.44 bits per heavy atom. The van der Waals surface area contributed by atoms with Gasteiger partial charge < -0.3 is 20.1 Å². The number of primary amides is 1. The fraction of sp³-hybridized carbons (Fsp3) is 0.222. The van der Waals surface area contributed by atoms with Crippen LogP contribution >= 0.6 is 11.6 Å². The summed E-state index contributed by atoms with van der Waals surface area (Å²) in [6, 6.07) is 13.7. The predicted octanol–water partition coefficient (Wildman–Crippen LogP) is 2.64. The number of halogens is 1. The van der Waals surface area contributed by atoms with Crippen LogP contribution in [0.3, 0.4) is 0 Å². The van der Waals surface area contributed by atoms with Gasteiger partial charge in [-0.05, 0) is 36.4 Å². The second-order valence-corrected chi connectivity index (χ2v) is 5.61. The van der Waals surface area contributed by atoms with E-state index in [0.29, 0.717) is 22.2 Å². The van der Waals surface area contributed by atoms with Crippen molar-refractivity contribution in [3.8, 4) is 11.5 Å². The first-order chi connectivity index (χ1) is 12.0. The van der Waals surface area contributed by atoms with Crippen molar-refractivity contribution in [3.05, 3.63) is 53.6 Å². The summed E-state index contributed by atoms with van der Waals surface area (Å²) in [5.74, 6) is 0.228. The topological polar surface area (TPSA) is 81.9 Å². The third kappa shape index (κ3) is 5.39. The number of carbonyl (C=O) groups excluding carboxylic acids is 2. The minimum Gasteiger partial charge on any atom is -0.495 e. The molecule has 2 amide bonds. The molecule has 0 aliphatic heterocycles. The van der Waals surface area contributed by atoms with Gasteiger partial charge in [0, 0.05) is 18.0 Å². The minimum atomic E-state index is -0.494. The number of anilines is 1. The molecular weight excluding hydrogens is 344 g/mol. The maximum atomic E-state index is 12.6. The Morgan fingerprint density at radius 1 is 1.12 bits per heavy atom. The summed E-state index contributed by atoms with van der Waals surface area (Å²) < 4.78 is 10.8. The molecular formula is C18H19ClN2O4. The van der Waals surface area contributed by atoms with E-state index in [0.717, 1.165) is 0 Å². The van der Waals surface area contributed by atoms with Crippen LogP contribution in [-0.2, 0) is 9.59 Å². The molecule has 25 heavy (non-hydrogen) atoms. The van der Waals surface area contributed by atoms with Crippen molar-refractivity contribution < 1.29 is 19.1 Å². The lowest BCUT2D eigenvalue weighted by Gasteiger charge is -2.24. The Hall–Kier alpha value is -2.73. The van der Waals surface area contributed by atoms with Gasteiger partial charge in [0.2, 0.25) is 5.91 Å². The largest absolute Gasteiger partial charge is 0.495 e. The van der Waals surface area contributed by atoms with Crippen LogP contribution in [0.4, 0.5) is 5.69 Å². The molecule has 6 nitrogen and oxygen atoms in total. The highest BCUT2D eigenvalue weighted by Gasteiger charge is 2.20. The van der Waals surface area contributed by atoms with E-state index >= 15 is 0 Å². The fourth-order valence-corrected chi connectivity index (χ4v) is 2.33. The lowest BCUT2D eigenvalue weighted by atomic mass is 10.2. The number of methoxy groups -OCH3 is 1. The van der Waals surface area contributed by atoms with Crippen molar-refractivity contribution in [1.29, 1.82) is 0 Å². The molecule has 0 fully saturated rings. The number of para-hydroxylation sites is 2. The van der Waals surface area contributed by atoms with Crippen molar-refractivity contribution in [3.63, 3.8) is 0 Å². The van der Waals surface area contributed by atoms with Crippen LogP contribution in [0.1, 0.15) is 6.42 Å². The number of rotatable bonds is 8. The van der Waals surface area contributed by atoms with Crippen LogP contribution in [0.15, 0.2) is 48.5 Å². The molecule has 0 saturated carbocycles. The highest BCUT2D eigenvalue weighted by atomic mass is 35.5. The molecule has 0 spiro atoms. The van der Waals surface area contributed by atoms with Crippen LogP contribution in [0.5, 0.6) is 11.5 Å². The summed E-state index contributed by atoms with van der Waals surface area (Å²) in [5.41, 5.74) is 5.77. The predicted molar refractivity (Wildman–Crippen MR) is 96.1 cm³/mol. The molecule has 0 aromatic heterocycles. The zero-order chi connectivity index (χ0) is 18.2. The highest BCUT2D eigenvalue weighted by molar-refractivity contribution is 6.30. The summed E-state index contributed by atoms with van der Waals surface area (Å²) in [7, 11) is 1.51. The average Bonchev–Trinajstić information content (AvgIpc) is 2.61. The molecule has 7 heteroatoms. The second kappa shape index (κ2) is 8.94. The van der Waals surface area contributed by atoms with Gasteiger partial charge in [0.25, 0.3) is 5.91 Å². The van der Waals surface area contributed by atoms with Gasteiger partial charge in [-0.2, -0.15) is 0 Å². The van der Waals surface area contributed by atoms with E-state index < -0.39 is 5.91 Å². The first-order valence-electron chi connectivity index (χ1n) is 7.61. The van der Waals surface area contributed by atoms with E-state index in [-0.39, 0.29) is 25.5 Å². The maximum Gasteiger partial charge on any atom is 0.265 e. The Morgan fingerprint density at radius 2 is 1.80 bits per heavy atom. The monoisotopic (exact) mass is 362 g/mol. The number of ether oxygens (including phenoxy) is 2. The molecule has 0 radical (unpaired) electrons. The van der Waals surface area contributed by atoms with E-state index in [1.165, 1.54) is 12.0 Å². The van der Waals surface area contributed by atoms with E-state index in [9.17, 15) is 9.59 Å². The van der Waals surface area contributed by atoms with Crippen LogP contribution in [0.2, 0.25) is 5.02 Å². The number of hydrogen-bond donors (Lipinski definition) is 1. The average molecular weight is 363 g/mol. The smallest absolute Gasteiger partial charge is 0.265 e. The molecule has 2 rings (SSSR count). The number of nitrogens with two attached hydrogens (primary N) is 1. The van der Waals surface area contributed by atoms with E-state index in [4.69, 9.17) is 26.8 Å². The number of nitrogens with zero attached hydrogens (tertiary/aromatic N) is 1. The lowest BCUT2D eigenvalue weighted by molar-refractivity contribution is -0.120. The van der Waals surface area contributed by atoms with E-state index in [1.54, 1.807) is 48.5 Å². The summed E-state index contributed by atoms with van der Waals surface area (Å²) in [5, 5.41) is 0.579. The highest BCUT2D eigenvalue weighted by Crippen LogP contribution is 2.28. The normalized spacial score (nSPS) is 10.2. The van der Waals surface area contributed by atoms with Gasteiger partial charge in [-0.1, -0.05) is 23.7 Å². The molecule has 0 atom stereocenters. The summed E-state index contributed by atoms with van der Waals surface area (Å²) in [4.78, 5) is 25.2. The minimum absolute atomic E-state index is 0.0325. The molecule has 0 unspecified atom stereocenters. The van der Waals surface area contributed by atoms with Crippen molar-refractivity contribution in [1.82, 2.24) is 0 Å². The summed E-state index contributed by atoms with van der Waals surface area (Å²) in [6.45, 7) is -0.0586. The fourth-order valence-electron chi connectivity index (χ4n) is 2.21. The molecule has 0 bridgehead atoms. The van der Waals surface area contributed by atoms with Gasteiger partial charge in [0.1, 0.15) is 11.5 Å². The molecule has 0 saturated heterocycles. The molecule has 132 valence electrons. The number of hydrogen-bond acceptors (Lipinski definition) is 4. The van der Waals surface area contributed by atoms with E-state index in [2.05, 4.69) is 0 Å². The molecule has 2 aromatic rings. The standard InChI is InChI=1S/C18H19ClN2O4/c1-24-16-5-3-2-4-15(16)21(11-10-17(20)22)18(23)12-25-14-8-6-13(19)7-9-14/h2-9H,10-12H2,1H3,(H2,20,22). The molecule has 0 aliphatic carbocycles. The molecule has 0 heterocycles. The van der Waals surface area contributed by atoms with Crippen molar-refractivity contribution in [2.24, 2.45) is 5.73 Å². The van der Waals surface area contributed by atoms with Gasteiger partial charge in [0.15, 0.2) is 6.61 Å². The van der Waals surface area contributed by atoms with Gasteiger partial charge >= 0.3 is 0 Å². The van der Waals surface area contributed by atoms with Crippen molar-refractivity contribution in [2.45, 2.75) is 6.42 Å². The zero-order valence-corrected chi connectivity index (χ0v) is 14.5. The lowest BCUT2D eigenvalue weighted by Crippen LogP contribution is -2.37. The molecule has 0 aliphatic rings. The number of carbonyl (C=O) groups is 2. The summed E-state index contributed by atoms with van der Waals surface area (Å²) in [6.07, 6.45) is 0.0325. The van der Waals surface area contributed by atoms with Crippen LogP contribution in [0, 0.1) is 0 Å². The Bertz CT molecular complexity index is 734. The van der Waals surface area contributed by atoms with Gasteiger partial charge in [0.05, 0.1) is 12.8 Å². The maximum absolute atomic E-state index is 12.6. The van der Waals surface area contributed by atoms with Crippen LogP contribution in [-0.4, -0.2) is 32.1 Å². The first-order valence-corrected chi connectivity index (χ1v) is 7.99. The van der Waals surface area contributed by atoms with Gasteiger partial charge in [-0.15, -0.1) is 0 Å². The SMILES string of the molecule is COc1ccccc1N(CCC(N)=O)C(=O)COc1ccc(Cl)cc1. The third-order valence-corrected chi connectivity index (χ3v) is 3.69. The van der Waals surface area contributed by atoms with Crippen LogP contribution < -0.4 is 20.1 Å². The van der Waals surface area contributed by atoms with Crippen molar-refractivity contribution in [2.75, 3.05) is 25.2 Å². The second-order valence-electron chi connectivity index (χ2n) is 5.18. The first kappa shape index (κ1) is 18.6. The Labute approximate surface area is 151 Å².